The molecule has 0 aliphatic rings. The van der Waals surface area contributed by atoms with Gasteiger partial charge in [-0.2, -0.15) is 0 Å². The maximum atomic E-state index is 12.0. The van der Waals surface area contributed by atoms with Crippen molar-refractivity contribution in [3.8, 4) is 11.5 Å². The van der Waals surface area contributed by atoms with E-state index in [9.17, 15) is 14.9 Å². The minimum atomic E-state index is -0.566. The summed E-state index contributed by atoms with van der Waals surface area (Å²) >= 11 is 0. The van der Waals surface area contributed by atoms with E-state index in [1.54, 1.807) is 0 Å². The Morgan fingerprint density at radius 2 is 1.92 bits per heavy atom. The number of nitro groups is 1. The molecule has 0 aromatic heterocycles. The van der Waals surface area contributed by atoms with Crippen molar-refractivity contribution in [2.24, 2.45) is 0 Å². The molecule has 0 saturated carbocycles. The van der Waals surface area contributed by atoms with Crippen LogP contribution in [0.25, 0.3) is 0 Å². The number of carbonyl (C=O) groups excluding carboxylic acids is 1. The molecule has 1 N–H and O–H groups in total. The number of benzene rings is 2. The zero-order valence-electron chi connectivity index (χ0n) is 15.0. The number of hydrogen-bond acceptors (Lipinski definition) is 5. The van der Waals surface area contributed by atoms with Crippen molar-refractivity contribution in [2.45, 2.75) is 26.2 Å². The molecular formula is C19H22N2O5. The van der Waals surface area contributed by atoms with E-state index in [-0.39, 0.29) is 18.0 Å². The van der Waals surface area contributed by atoms with Gasteiger partial charge in [-0.3, -0.25) is 14.9 Å². The van der Waals surface area contributed by atoms with E-state index in [1.807, 2.05) is 24.3 Å². The second-order valence-electron chi connectivity index (χ2n) is 5.86. The van der Waals surface area contributed by atoms with E-state index in [2.05, 4.69) is 19.2 Å². The number of ether oxygens (including phenoxy) is 2. The largest absolute Gasteiger partial charge is 0.490 e. The van der Waals surface area contributed by atoms with E-state index in [0.29, 0.717) is 17.4 Å². The first-order valence-electron chi connectivity index (χ1n) is 8.29. The Bertz CT molecular complexity index is 774. The molecule has 2 rings (SSSR count). The molecule has 2 aromatic carbocycles. The average Bonchev–Trinajstić information content (AvgIpc) is 2.66. The second kappa shape index (κ2) is 8.84. The van der Waals surface area contributed by atoms with Gasteiger partial charge >= 0.3 is 5.69 Å². The lowest BCUT2D eigenvalue weighted by Gasteiger charge is -2.11. The smallest absolute Gasteiger partial charge is 0.312 e. The van der Waals surface area contributed by atoms with Crippen LogP contribution in [-0.2, 0) is 4.79 Å². The lowest BCUT2D eigenvalue weighted by molar-refractivity contribution is -0.385. The monoisotopic (exact) mass is 358 g/mol. The molecule has 0 fully saturated rings. The highest BCUT2D eigenvalue weighted by Gasteiger charge is 2.16. The number of hydrogen-bond donors (Lipinski definition) is 1. The van der Waals surface area contributed by atoms with Gasteiger partial charge in [-0.25, -0.2) is 0 Å². The van der Waals surface area contributed by atoms with Crippen molar-refractivity contribution in [3.05, 3.63) is 58.1 Å². The molecule has 138 valence electrons. The SMILES string of the molecule is CC[C@H](C)c1ccc(OCC(=O)Nc2ccc(OC)c([N+](=O)[O-])c2)cc1. The maximum absolute atomic E-state index is 12.0. The van der Waals surface area contributed by atoms with E-state index in [0.717, 1.165) is 6.42 Å². The zero-order chi connectivity index (χ0) is 19.1. The van der Waals surface area contributed by atoms with Crippen LogP contribution < -0.4 is 14.8 Å². The Hall–Kier alpha value is -3.09. The van der Waals surface area contributed by atoms with E-state index >= 15 is 0 Å². The van der Waals surface area contributed by atoms with Crippen LogP contribution in [0.3, 0.4) is 0 Å². The quantitative estimate of drug-likeness (QED) is 0.566. The number of nitro benzene ring substituents is 1. The van der Waals surface area contributed by atoms with Crippen LogP contribution in [-0.4, -0.2) is 24.5 Å². The number of carbonyl (C=O) groups is 1. The van der Waals surface area contributed by atoms with Gasteiger partial charge in [0.05, 0.1) is 12.0 Å². The average molecular weight is 358 g/mol. The molecule has 26 heavy (non-hydrogen) atoms. The number of rotatable bonds is 8. The van der Waals surface area contributed by atoms with Gasteiger partial charge in [0, 0.05) is 11.8 Å². The molecule has 0 radical (unpaired) electrons. The standard InChI is InChI=1S/C19H22N2O5/c1-4-13(2)14-5-8-16(9-6-14)26-12-19(22)20-15-7-10-18(25-3)17(11-15)21(23)24/h5-11,13H,4,12H2,1-3H3,(H,20,22)/t13-/m0/s1. The van der Waals surface area contributed by atoms with Crippen LogP contribution in [0, 0.1) is 10.1 Å². The van der Waals surface area contributed by atoms with Gasteiger partial charge in [-0.1, -0.05) is 26.0 Å². The normalized spacial score (nSPS) is 11.5. The van der Waals surface area contributed by atoms with Gasteiger partial charge in [-0.15, -0.1) is 0 Å². The lowest BCUT2D eigenvalue weighted by atomic mass is 9.99. The van der Waals surface area contributed by atoms with Crippen LogP contribution in [0.15, 0.2) is 42.5 Å². The third-order valence-electron chi connectivity index (χ3n) is 4.09. The Morgan fingerprint density at radius 3 is 2.50 bits per heavy atom. The summed E-state index contributed by atoms with van der Waals surface area (Å²) in [5.74, 6) is 0.784. The molecule has 0 heterocycles. The van der Waals surface area contributed by atoms with E-state index in [4.69, 9.17) is 9.47 Å². The third-order valence-corrected chi connectivity index (χ3v) is 4.09. The lowest BCUT2D eigenvalue weighted by Crippen LogP contribution is -2.20. The Balaban J connectivity index is 1.94. The van der Waals surface area contributed by atoms with Crippen molar-refractivity contribution in [2.75, 3.05) is 19.0 Å². The molecule has 1 amide bonds. The first kappa shape index (κ1) is 19.2. The predicted molar refractivity (Wildman–Crippen MR) is 98.9 cm³/mol. The summed E-state index contributed by atoms with van der Waals surface area (Å²) in [5.41, 5.74) is 1.31. The van der Waals surface area contributed by atoms with Gasteiger partial charge in [-0.05, 0) is 42.2 Å². The Kier molecular flexibility index (Phi) is 6.54. The molecule has 7 heteroatoms. The van der Waals surface area contributed by atoms with Crippen molar-refractivity contribution < 1.29 is 19.2 Å². The minimum absolute atomic E-state index is 0.130. The fourth-order valence-electron chi connectivity index (χ4n) is 2.38. The van der Waals surface area contributed by atoms with Gasteiger partial charge in [0.15, 0.2) is 12.4 Å². The first-order chi connectivity index (χ1) is 12.4. The fraction of sp³-hybridized carbons (Fsp3) is 0.316. The molecule has 7 nitrogen and oxygen atoms in total. The van der Waals surface area contributed by atoms with Gasteiger partial charge in [0.2, 0.25) is 0 Å². The van der Waals surface area contributed by atoms with Crippen LogP contribution in [0.2, 0.25) is 0 Å². The third kappa shape index (κ3) is 4.95. The van der Waals surface area contributed by atoms with Crippen LogP contribution >= 0.6 is 0 Å². The molecule has 0 spiro atoms. The number of anilines is 1. The number of methoxy groups -OCH3 is 1. The number of nitrogens with zero attached hydrogens (tertiary/aromatic N) is 1. The first-order valence-corrected chi connectivity index (χ1v) is 8.29. The zero-order valence-corrected chi connectivity index (χ0v) is 15.0. The molecular weight excluding hydrogens is 336 g/mol. The van der Waals surface area contributed by atoms with Crippen molar-refractivity contribution >= 4 is 17.3 Å². The summed E-state index contributed by atoms with van der Waals surface area (Å²) in [4.78, 5) is 22.5. The van der Waals surface area contributed by atoms with E-state index < -0.39 is 10.8 Å². The number of amides is 1. The summed E-state index contributed by atoms with van der Waals surface area (Å²) in [6, 6.07) is 11.8. The van der Waals surface area contributed by atoms with E-state index in [1.165, 1.54) is 30.9 Å². The summed E-state index contributed by atoms with van der Waals surface area (Å²) in [5, 5.41) is 13.6. The van der Waals surface area contributed by atoms with Gasteiger partial charge in [0.25, 0.3) is 5.91 Å². The van der Waals surface area contributed by atoms with Crippen LogP contribution in [0.5, 0.6) is 11.5 Å². The summed E-state index contributed by atoms with van der Waals surface area (Å²) < 4.78 is 10.4. The minimum Gasteiger partial charge on any atom is -0.490 e. The van der Waals surface area contributed by atoms with Crippen molar-refractivity contribution in [1.82, 2.24) is 0 Å². The van der Waals surface area contributed by atoms with Crippen LogP contribution in [0.4, 0.5) is 11.4 Å². The highest BCUT2D eigenvalue weighted by Crippen LogP contribution is 2.29. The van der Waals surface area contributed by atoms with Crippen LogP contribution in [0.1, 0.15) is 31.7 Å². The Morgan fingerprint density at radius 1 is 1.23 bits per heavy atom. The highest BCUT2D eigenvalue weighted by atomic mass is 16.6. The molecule has 2 aromatic rings. The summed E-state index contributed by atoms with van der Waals surface area (Å²) in [7, 11) is 1.35. The molecule has 0 aliphatic heterocycles. The molecule has 0 unspecified atom stereocenters. The summed E-state index contributed by atoms with van der Waals surface area (Å²) in [6.07, 6.45) is 1.05. The summed E-state index contributed by atoms with van der Waals surface area (Å²) in [6.45, 7) is 4.09. The second-order valence-corrected chi connectivity index (χ2v) is 5.86. The highest BCUT2D eigenvalue weighted by molar-refractivity contribution is 5.92. The predicted octanol–water partition coefficient (Wildman–Crippen LogP) is 4.13. The molecule has 1 atom stereocenters. The number of nitrogens with one attached hydrogen (secondary N) is 1. The maximum Gasteiger partial charge on any atom is 0.312 e. The molecule has 0 bridgehead atoms. The van der Waals surface area contributed by atoms with Gasteiger partial charge < -0.3 is 14.8 Å². The fourth-order valence-corrected chi connectivity index (χ4v) is 2.38. The van der Waals surface area contributed by atoms with Crippen molar-refractivity contribution in [1.29, 1.82) is 0 Å². The van der Waals surface area contributed by atoms with Crippen molar-refractivity contribution in [3.63, 3.8) is 0 Å². The molecule has 0 aliphatic carbocycles. The Labute approximate surface area is 152 Å². The van der Waals surface area contributed by atoms with Gasteiger partial charge in [0.1, 0.15) is 5.75 Å². The molecule has 0 saturated heterocycles. The topological polar surface area (TPSA) is 90.7 Å².